The Labute approximate surface area is 236 Å². The van der Waals surface area contributed by atoms with E-state index in [1.165, 1.54) is 12.1 Å². The Hall–Kier alpha value is 0.0664. The molecule has 172 valence electrons. The zero-order valence-corrected chi connectivity index (χ0v) is 23.1. The smallest absolute Gasteiger partial charge is 0.463 e. The topological polar surface area (TPSA) is 131 Å². The zero-order chi connectivity index (χ0) is 22.8. The van der Waals surface area contributed by atoms with Crippen LogP contribution in [0.2, 0.25) is 0 Å². The van der Waals surface area contributed by atoms with Crippen LogP contribution in [0.1, 0.15) is 19.8 Å². The average Bonchev–Trinajstić information content (AvgIpc) is 3.07. The number of benzene rings is 1. The van der Waals surface area contributed by atoms with Crippen molar-refractivity contribution >= 4 is 37.6 Å². The van der Waals surface area contributed by atoms with Gasteiger partial charge in [0.25, 0.3) is 0 Å². The first-order valence-corrected chi connectivity index (χ1v) is 11.9. The molecule has 3 N–H and O–H groups in total. The molecule has 0 aromatic heterocycles. The summed E-state index contributed by atoms with van der Waals surface area (Å²) in [6, 6.07) is 3.47. The minimum absolute atomic E-state index is 0. The molecule has 1 spiro atoms. The first kappa shape index (κ1) is 28.3. The van der Waals surface area contributed by atoms with Crippen molar-refractivity contribution in [1.29, 1.82) is 0 Å². The van der Waals surface area contributed by atoms with E-state index in [2.05, 4.69) is 20.7 Å². The fourth-order valence-corrected chi connectivity index (χ4v) is 5.74. The van der Waals surface area contributed by atoms with E-state index in [0.717, 1.165) is 12.1 Å². The van der Waals surface area contributed by atoms with Crippen molar-refractivity contribution in [3.63, 3.8) is 0 Å². The maximum atomic E-state index is 13.3. The minimum Gasteiger partial charge on any atom is -0.463 e. The number of aliphatic hydroxyl groups excluding tert-OH is 2. The van der Waals surface area contributed by atoms with Gasteiger partial charge in [0.2, 0.25) is 10.0 Å². The molecule has 1 aromatic rings. The summed E-state index contributed by atoms with van der Waals surface area (Å²) in [6.07, 6.45) is -0.415. The fraction of sp³-hybridized carbons (Fsp3) is 0.526. The second kappa shape index (κ2) is 11.7. The molecule has 32 heavy (non-hydrogen) atoms. The van der Waals surface area contributed by atoms with Gasteiger partial charge >= 0.3 is 57.4 Å². The Morgan fingerprint density at radius 1 is 1.31 bits per heavy atom. The summed E-state index contributed by atoms with van der Waals surface area (Å²) in [5.41, 5.74) is -0.0759. The molecule has 1 saturated heterocycles. The number of rotatable bonds is 7. The number of hydrogen-bond donors (Lipinski definition) is 3. The number of hydrogen-bond acceptors (Lipinski definition) is 8. The predicted molar refractivity (Wildman–Crippen MR) is 111 cm³/mol. The molecule has 1 aliphatic heterocycles. The molecule has 13 heteroatoms. The summed E-state index contributed by atoms with van der Waals surface area (Å²) in [5.74, 6) is -2.87. The molecule has 1 heterocycles. The monoisotopic (exact) mass is 562 g/mol. The second-order valence-corrected chi connectivity index (χ2v) is 9.83. The summed E-state index contributed by atoms with van der Waals surface area (Å²) in [5, 5.41) is 17.6. The molecule has 1 aliphatic carbocycles. The van der Waals surface area contributed by atoms with Crippen molar-refractivity contribution in [2.24, 2.45) is 0 Å². The molecule has 3 rings (SSSR count). The van der Waals surface area contributed by atoms with Gasteiger partial charge < -0.3 is 24.4 Å². The van der Waals surface area contributed by atoms with E-state index in [9.17, 15) is 27.8 Å². The normalized spacial score (nSPS) is 24.5. The molecular weight excluding hydrogens is 540 g/mol. The van der Waals surface area contributed by atoms with Crippen LogP contribution in [0.25, 0.3) is 0 Å². The van der Waals surface area contributed by atoms with Crippen molar-refractivity contribution in [3.05, 3.63) is 40.1 Å². The summed E-state index contributed by atoms with van der Waals surface area (Å²) in [6.45, 7) is 0.766. The summed E-state index contributed by atoms with van der Waals surface area (Å²) < 4.78 is 58.7. The Kier molecular flexibility index (Phi) is 10.3. The van der Waals surface area contributed by atoms with E-state index in [0.29, 0.717) is 0 Å². The molecule has 0 radical (unpaired) electrons. The molecular formula is C19H23BrFKNO8S+. The van der Waals surface area contributed by atoms with Crippen LogP contribution in [-0.4, -0.2) is 67.7 Å². The van der Waals surface area contributed by atoms with E-state index < -0.39 is 58.3 Å². The van der Waals surface area contributed by atoms with Crippen molar-refractivity contribution in [1.82, 2.24) is 0 Å². The van der Waals surface area contributed by atoms with Gasteiger partial charge in [-0.3, -0.25) is 4.72 Å². The van der Waals surface area contributed by atoms with E-state index in [4.69, 9.17) is 14.2 Å². The minimum atomic E-state index is -4.15. The quantitative estimate of drug-likeness (QED) is 0.269. The van der Waals surface area contributed by atoms with Crippen LogP contribution in [0.4, 0.5) is 10.1 Å². The number of sulfonamides is 1. The van der Waals surface area contributed by atoms with Gasteiger partial charge in [-0.25, -0.2) is 17.6 Å². The van der Waals surface area contributed by atoms with Crippen molar-refractivity contribution in [3.8, 4) is 0 Å². The Morgan fingerprint density at radius 2 is 1.94 bits per heavy atom. The molecule has 2 aliphatic rings. The van der Waals surface area contributed by atoms with E-state index in [1.54, 1.807) is 6.92 Å². The van der Waals surface area contributed by atoms with Crippen LogP contribution in [0, 0.1) is 5.82 Å². The number of carbonyl (C=O) groups is 1. The third-order valence-electron chi connectivity index (χ3n) is 5.02. The number of halogens is 2. The van der Waals surface area contributed by atoms with Gasteiger partial charge in [0.1, 0.15) is 23.3 Å². The Balaban J connectivity index is 0.00000363. The molecule has 1 fully saturated rings. The molecule has 0 saturated carbocycles. The largest absolute Gasteiger partial charge is 1.00 e. The van der Waals surface area contributed by atoms with E-state index in [1.807, 2.05) is 0 Å². The fourth-order valence-electron chi connectivity index (χ4n) is 3.60. The summed E-state index contributed by atoms with van der Waals surface area (Å²) >= 11 is 3.11. The maximum absolute atomic E-state index is 13.3. The van der Waals surface area contributed by atoms with Gasteiger partial charge in [0, 0.05) is 10.9 Å². The van der Waals surface area contributed by atoms with Crippen LogP contribution < -0.4 is 56.1 Å². The Morgan fingerprint density at radius 3 is 2.47 bits per heavy atom. The zero-order valence-electron chi connectivity index (χ0n) is 17.6. The first-order valence-electron chi connectivity index (χ1n) is 9.58. The van der Waals surface area contributed by atoms with Crippen LogP contribution in [0.5, 0.6) is 0 Å². The molecule has 0 amide bonds. The van der Waals surface area contributed by atoms with Gasteiger partial charge in [0.15, 0.2) is 5.79 Å². The van der Waals surface area contributed by atoms with Crippen molar-refractivity contribution in [2.75, 3.05) is 24.5 Å². The predicted octanol–water partition coefficient (Wildman–Crippen LogP) is -1.55. The standard InChI is InChI=1S/C19H23BrFNO8S.K/c1-2-28-18(25)12-8-19(29-15(9-23)16(10-24)30-19)6-5-17(12)31(26,27)22-14-4-3-11(21)7-13(14)20;/h3-4,7-8,15-17,22-24H,2,5-6,9-10H2,1H3;/q;+1/t15-,16-,17-;/m1./s1. The maximum Gasteiger partial charge on any atom is 1.00 e. The number of nitrogens with one attached hydrogen (secondary N) is 1. The molecule has 1 aromatic carbocycles. The number of esters is 1. The first-order chi connectivity index (χ1) is 14.6. The Bertz CT molecular complexity index is 964. The van der Waals surface area contributed by atoms with E-state index in [-0.39, 0.29) is 86.6 Å². The molecule has 0 unspecified atom stereocenters. The van der Waals surface area contributed by atoms with Crippen LogP contribution in [-0.2, 0) is 29.0 Å². The van der Waals surface area contributed by atoms with Crippen LogP contribution in [0.3, 0.4) is 0 Å². The second-order valence-electron chi connectivity index (χ2n) is 7.11. The molecule has 9 nitrogen and oxygen atoms in total. The third-order valence-corrected chi connectivity index (χ3v) is 7.42. The molecule has 0 bridgehead atoms. The van der Waals surface area contributed by atoms with Crippen molar-refractivity contribution < 1.29 is 93.4 Å². The number of anilines is 1. The number of aliphatic hydroxyl groups is 2. The summed E-state index contributed by atoms with van der Waals surface area (Å²) in [4.78, 5) is 12.6. The number of ether oxygens (including phenoxy) is 3. The molecule has 3 atom stereocenters. The average molecular weight is 563 g/mol. The van der Waals surface area contributed by atoms with Gasteiger partial charge in [-0.05, 0) is 53.5 Å². The van der Waals surface area contributed by atoms with Crippen molar-refractivity contribution in [2.45, 2.75) is 43.0 Å². The van der Waals surface area contributed by atoms with Gasteiger partial charge in [-0.2, -0.15) is 0 Å². The SMILES string of the molecule is CCOC(=O)C1=CC2(CC[C@H]1S(=O)(=O)Nc1ccc(F)cc1Br)O[C@H](CO)[C@@H](CO)O2.[K+]. The van der Waals surface area contributed by atoms with Gasteiger partial charge in [-0.15, -0.1) is 0 Å². The third kappa shape index (κ3) is 6.19. The number of carbonyl (C=O) groups excluding carboxylic acids is 1. The van der Waals surface area contributed by atoms with Gasteiger partial charge in [-0.1, -0.05) is 0 Å². The van der Waals surface area contributed by atoms with Crippen LogP contribution in [0.15, 0.2) is 34.3 Å². The van der Waals surface area contributed by atoms with Crippen LogP contribution >= 0.6 is 15.9 Å². The van der Waals surface area contributed by atoms with E-state index >= 15 is 0 Å². The summed E-state index contributed by atoms with van der Waals surface area (Å²) in [7, 11) is -4.15. The van der Waals surface area contributed by atoms with Gasteiger partial charge in [0.05, 0.1) is 31.1 Å².